The normalized spacial score (nSPS) is 13.3. The van der Waals surface area contributed by atoms with E-state index < -0.39 is 0 Å². The van der Waals surface area contributed by atoms with Gasteiger partial charge in [0.05, 0.1) is 0 Å². The average Bonchev–Trinajstić information content (AvgIpc) is 3.39. The molecule has 1 aliphatic rings. The average molecular weight is 623 g/mol. The lowest BCUT2D eigenvalue weighted by atomic mass is 9.81. The summed E-state index contributed by atoms with van der Waals surface area (Å²) in [6.07, 6.45) is 0. The van der Waals surface area contributed by atoms with Crippen LogP contribution in [0.25, 0.3) is 87.6 Å². The van der Waals surface area contributed by atoms with Crippen LogP contribution in [-0.2, 0) is 5.41 Å². The lowest BCUT2D eigenvalue weighted by molar-refractivity contribution is 0.660. The monoisotopic (exact) mass is 622 g/mol. The molecule has 0 radical (unpaired) electrons. The number of hydrogen-bond acceptors (Lipinski definition) is 0. The third-order valence-electron chi connectivity index (χ3n) is 11.0. The van der Waals surface area contributed by atoms with Gasteiger partial charge in [-0.2, -0.15) is 0 Å². The molecule has 0 aromatic heterocycles. The van der Waals surface area contributed by atoms with Crippen molar-refractivity contribution in [2.45, 2.75) is 19.3 Å². The highest BCUT2D eigenvalue weighted by Gasteiger charge is 2.35. The molecule has 0 atom stereocenters. The van der Waals surface area contributed by atoms with E-state index in [1.54, 1.807) is 0 Å². The van der Waals surface area contributed by atoms with E-state index in [0.717, 1.165) is 0 Å². The van der Waals surface area contributed by atoms with Crippen LogP contribution < -0.4 is 0 Å². The molecule has 0 nitrogen and oxygen atoms in total. The summed E-state index contributed by atoms with van der Waals surface area (Å²) in [5, 5.41) is 10.3. The Morgan fingerprint density at radius 1 is 0.286 bits per heavy atom. The predicted octanol–water partition coefficient (Wildman–Crippen LogP) is 13.6. The number of hydrogen-bond donors (Lipinski definition) is 0. The van der Waals surface area contributed by atoms with Crippen LogP contribution in [0.1, 0.15) is 25.0 Å². The fourth-order valence-corrected chi connectivity index (χ4v) is 8.46. The molecular weight excluding hydrogens is 589 g/mol. The van der Waals surface area contributed by atoms with Crippen LogP contribution in [0.2, 0.25) is 0 Å². The third-order valence-corrected chi connectivity index (χ3v) is 11.0. The van der Waals surface area contributed by atoms with Crippen LogP contribution in [0.15, 0.2) is 170 Å². The molecule has 0 amide bonds. The van der Waals surface area contributed by atoms with Gasteiger partial charge >= 0.3 is 0 Å². The minimum atomic E-state index is -0.0135. The zero-order chi connectivity index (χ0) is 32.7. The van der Waals surface area contributed by atoms with E-state index in [1.807, 2.05) is 0 Å². The van der Waals surface area contributed by atoms with Gasteiger partial charge in [0.15, 0.2) is 0 Å². The Hall–Kier alpha value is -5.98. The van der Waals surface area contributed by atoms with Gasteiger partial charge in [0.1, 0.15) is 0 Å². The van der Waals surface area contributed by atoms with Gasteiger partial charge in [-0.1, -0.05) is 153 Å². The predicted molar refractivity (Wildman–Crippen MR) is 210 cm³/mol. The van der Waals surface area contributed by atoms with Crippen molar-refractivity contribution in [2.24, 2.45) is 0 Å². The molecule has 49 heavy (non-hydrogen) atoms. The zero-order valence-corrected chi connectivity index (χ0v) is 27.7. The van der Waals surface area contributed by atoms with Gasteiger partial charge in [0, 0.05) is 5.41 Å². The molecule has 9 aromatic rings. The van der Waals surface area contributed by atoms with E-state index >= 15 is 0 Å². The van der Waals surface area contributed by atoms with Gasteiger partial charge in [-0.25, -0.2) is 0 Å². The first-order valence-corrected chi connectivity index (χ1v) is 17.3. The molecule has 0 N–H and O–H groups in total. The smallest absolute Gasteiger partial charge is 0.0159 e. The molecule has 10 rings (SSSR count). The van der Waals surface area contributed by atoms with Crippen LogP contribution >= 0.6 is 0 Å². The third kappa shape index (κ3) is 4.31. The van der Waals surface area contributed by atoms with Crippen LogP contribution in [0.5, 0.6) is 0 Å². The van der Waals surface area contributed by atoms with E-state index in [-0.39, 0.29) is 5.41 Å². The number of benzene rings is 9. The fraction of sp³-hybridized carbons (Fsp3) is 0.0612. The Labute approximate surface area is 286 Å². The molecule has 0 fully saturated rings. The summed E-state index contributed by atoms with van der Waals surface area (Å²) >= 11 is 0. The second-order valence-corrected chi connectivity index (χ2v) is 14.1. The first kappa shape index (κ1) is 28.1. The first-order chi connectivity index (χ1) is 24.0. The Kier molecular flexibility index (Phi) is 6.02. The SMILES string of the molecule is CC1(C)c2ccccc2-c2ccc(-c3ccc4ccc(-c5cccc(-c6cc7c8ccccc8ccc7c7ccccc67)c5)cc4c3)cc21. The van der Waals surface area contributed by atoms with Crippen molar-refractivity contribution >= 4 is 43.1 Å². The molecule has 1 aliphatic carbocycles. The molecule has 0 aliphatic heterocycles. The summed E-state index contributed by atoms with van der Waals surface area (Å²) in [5.74, 6) is 0. The lowest BCUT2D eigenvalue weighted by Gasteiger charge is -2.22. The van der Waals surface area contributed by atoms with Crippen molar-refractivity contribution in [1.29, 1.82) is 0 Å². The molecule has 230 valence electrons. The summed E-state index contributed by atoms with van der Waals surface area (Å²) in [6.45, 7) is 4.70. The maximum absolute atomic E-state index is 2.42. The molecule has 0 spiro atoms. The topological polar surface area (TPSA) is 0 Å². The summed E-state index contributed by atoms with van der Waals surface area (Å²) in [4.78, 5) is 0. The maximum atomic E-state index is 2.42. The minimum absolute atomic E-state index is 0.0135. The number of fused-ring (bicyclic) bond motifs is 9. The van der Waals surface area contributed by atoms with Crippen molar-refractivity contribution in [3.8, 4) is 44.5 Å². The lowest BCUT2D eigenvalue weighted by Crippen LogP contribution is -2.14. The van der Waals surface area contributed by atoms with Gasteiger partial charge < -0.3 is 0 Å². The van der Waals surface area contributed by atoms with Crippen molar-refractivity contribution in [1.82, 2.24) is 0 Å². The van der Waals surface area contributed by atoms with Crippen molar-refractivity contribution < 1.29 is 0 Å². The Morgan fingerprint density at radius 3 is 1.71 bits per heavy atom. The van der Waals surface area contributed by atoms with Gasteiger partial charge in [-0.05, 0) is 129 Å². The molecule has 0 heterocycles. The Bertz CT molecular complexity index is 2800. The standard InChI is InChI=1S/C49H34/c1-49(2)47-17-8-7-16-43(47)44-25-23-36(29-48(44)49)35-21-19-31-18-20-34(27-38(31)28-35)33-11-9-12-37(26-33)45-30-46-39-13-4-3-10-32(39)22-24-42(46)40-14-5-6-15-41(40)45/h3-30H,1-2H3. The maximum Gasteiger partial charge on any atom is 0.0159 e. The van der Waals surface area contributed by atoms with E-state index in [1.165, 1.54) is 98.7 Å². The van der Waals surface area contributed by atoms with Crippen LogP contribution in [0.3, 0.4) is 0 Å². The highest BCUT2D eigenvalue weighted by atomic mass is 14.4. The molecule has 0 heteroatoms. The quantitative estimate of drug-likeness (QED) is 0.172. The summed E-state index contributed by atoms with van der Waals surface area (Å²) in [6, 6.07) is 63.3. The highest BCUT2D eigenvalue weighted by Crippen LogP contribution is 2.49. The minimum Gasteiger partial charge on any atom is -0.0619 e. The van der Waals surface area contributed by atoms with Crippen LogP contribution in [0, 0.1) is 0 Å². The van der Waals surface area contributed by atoms with E-state index in [4.69, 9.17) is 0 Å². The molecule has 0 unspecified atom stereocenters. The van der Waals surface area contributed by atoms with Gasteiger partial charge in [-0.3, -0.25) is 0 Å². The summed E-state index contributed by atoms with van der Waals surface area (Å²) in [5.41, 5.74) is 13.0. The summed E-state index contributed by atoms with van der Waals surface area (Å²) in [7, 11) is 0. The Morgan fingerprint density at radius 2 is 0.878 bits per heavy atom. The number of rotatable bonds is 3. The molecule has 9 aromatic carbocycles. The second kappa shape index (κ2) is 10.5. The van der Waals surface area contributed by atoms with Gasteiger partial charge in [-0.15, -0.1) is 0 Å². The highest BCUT2D eigenvalue weighted by molar-refractivity contribution is 6.21. The van der Waals surface area contributed by atoms with Crippen molar-refractivity contribution in [3.05, 3.63) is 181 Å². The van der Waals surface area contributed by atoms with Crippen LogP contribution in [0.4, 0.5) is 0 Å². The zero-order valence-electron chi connectivity index (χ0n) is 27.7. The van der Waals surface area contributed by atoms with E-state index in [9.17, 15) is 0 Å². The fourth-order valence-electron chi connectivity index (χ4n) is 8.46. The molecule has 0 saturated heterocycles. The van der Waals surface area contributed by atoms with Gasteiger partial charge in [0.25, 0.3) is 0 Å². The second-order valence-electron chi connectivity index (χ2n) is 14.1. The molecule has 0 bridgehead atoms. The molecular formula is C49H34. The van der Waals surface area contributed by atoms with Crippen molar-refractivity contribution in [3.63, 3.8) is 0 Å². The first-order valence-electron chi connectivity index (χ1n) is 17.3. The largest absolute Gasteiger partial charge is 0.0619 e. The summed E-state index contributed by atoms with van der Waals surface area (Å²) < 4.78 is 0. The van der Waals surface area contributed by atoms with Crippen LogP contribution in [-0.4, -0.2) is 0 Å². The van der Waals surface area contributed by atoms with E-state index in [0.29, 0.717) is 0 Å². The van der Waals surface area contributed by atoms with Crippen molar-refractivity contribution in [2.75, 3.05) is 0 Å². The van der Waals surface area contributed by atoms with E-state index in [2.05, 4.69) is 184 Å². The molecule has 0 saturated carbocycles. The Balaban J connectivity index is 1.07. The van der Waals surface area contributed by atoms with Gasteiger partial charge in [0.2, 0.25) is 0 Å².